The summed E-state index contributed by atoms with van der Waals surface area (Å²) in [6, 6.07) is 5.31. The normalized spacial score (nSPS) is 23.4. The van der Waals surface area contributed by atoms with Gasteiger partial charge in [0.1, 0.15) is 5.41 Å². The zero-order chi connectivity index (χ0) is 14.0. The number of aliphatic carboxylic acids is 1. The number of carbonyl (C=O) groups excluding carboxylic acids is 1. The Morgan fingerprint density at radius 3 is 2.74 bits per heavy atom. The van der Waals surface area contributed by atoms with Crippen LogP contribution in [0.4, 0.5) is 0 Å². The Labute approximate surface area is 125 Å². The van der Waals surface area contributed by atoms with Gasteiger partial charge in [-0.15, -0.1) is 0 Å². The molecule has 1 fully saturated rings. The Morgan fingerprint density at radius 2 is 2.16 bits per heavy atom. The SMILES string of the molecule is O=C(O)C1(Cc2ccc(Br)cc2Cl)CCCCC1=O. The first kappa shape index (κ1) is 14.5. The van der Waals surface area contributed by atoms with Crippen molar-refractivity contribution in [1.82, 2.24) is 0 Å². The minimum atomic E-state index is -1.30. The Kier molecular flexibility index (Phi) is 4.31. The van der Waals surface area contributed by atoms with Gasteiger partial charge in [0.2, 0.25) is 0 Å². The molecule has 102 valence electrons. The standard InChI is InChI=1S/C14H14BrClO3/c15-10-5-4-9(11(16)7-10)8-14(13(18)19)6-2-1-3-12(14)17/h4-5,7H,1-3,6,8H2,(H,18,19). The molecule has 1 aromatic rings. The van der Waals surface area contributed by atoms with Crippen LogP contribution in [0.1, 0.15) is 31.2 Å². The molecule has 3 nitrogen and oxygen atoms in total. The van der Waals surface area contributed by atoms with Gasteiger partial charge in [-0.3, -0.25) is 9.59 Å². The second-order valence-corrected chi connectivity index (χ2v) is 6.25. The summed E-state index contributed by atoms with van der Waals surface area (Å²) in [5, 5.41) is 9.99. The van der Waals surface area contributed by atoms with Gasteiger partial charge in [-0.1, -0.05) is 40.0 Å². The number of carboxylic acid groups (broad SMARTS) is 1. The maximum atomic E-state index is 12.1. The second-order valence-electron chi connectivity index (χ2n) is 4.93. The number of hydrogen-bond acceptors (Lipinski definition) is 2. The fourth-order valence-corrected chi connectivity index (χ4v) is 3.31. The van der Waals surface area contributed by atoms with E-state index in [4.69, 9.17) is 11.6 Å². The molecule has 1 atom stereocenters. The van der Waals surface area contributed by atoms with Crippen LogP contribution >= 0.6 is 27.5 Å². The molecule has 0 heterocycles. The maximum Gasteiger partial charge on any atom is 0.317 e. The van der Waals surface area contributed by atoms with E-state index in [9.17, 15) is 14.7 Å². The van der Waals surface area contributed by atoms with Crippen LogP contribution in [-0.2, 0) is 16.0 Å². The van der Waals surface area contributed by atoms with Gasteiger partial charge in [-0.2, -0.15) is 0 Å². The quantitative estimate of drug-likeness (QED) is 0.846. The first-order chi connectivity index (χ1) is 8.95. The first-order valence-corrected chi connectivity index (χ1v) is 7.33. The molecule has 0 bridgehead atoms. The smallest absolute Gasteiger partial charge is 0.317 e. The van der Waals surface area contributed by atoms with Crippen molar-refractivity contribution < 1.29 is 14.7 Å². The van der Waals surface area contributed by atoms with Crippen molar-refractivity contribution in [3.05, 3.63) is 33.3 Å². The average molecular weight is 346 g/mol. The lowest BCUT2D eigenvalue weighted by Gasteiger charge is -2.32. The van der Waals surface area contributed by atoms with E-state index in [0.717, 1.165) is 17.3 Å². The molecule has 5 heteroatoms. The Balaban J connectivity index is 2.36. The predicted molar refractivity (Wildman–Crippen MR) is 76.4 cm³/mol. The van der Waals surface area contributed by atoms with Gasteiger partial charge in [0.25, 0.3) is 0 Å². The molecule has 0 amide bonds. The third-order valence-corrected chi connectivity index (χ3v) is 4.55. The molecule has 1 saturated carbocycles. The van der Waals surface area contributed by atoms with Crippen LogP contribution in [0.5, 0.6) is 0 Å². The largest absolute Gasteiger partial charge is 0.480 e. The molecule has 1 unspecified atom stereocenters. The Hall–Kier alpha value is -0.870. The number of benzene rings is 1. The lowest BCUT2D eigenvalue weighted by atomic mass is 9.69. The molecule has 0 aromatic heterocycles. The minimum absolute atomic E-state index is 0.174. The minimum Gasteiger partial charge on any atom is -0.480 e. The molecule has 1 N–H and O–H groups in total. The third-order valence-electron chi connectivity index (χ3n) is 3.71. The number of halogens is 2. The van der Waals surface area contributed by atoms with Gasteiger partial charge in [0.15, 0.2) is 5.78 Å². The van der Waals surface area contributed by atoms with Gasteiger partial charge in [-0.25, -0.2) is 0 Å². The van der Waals surface area contributed by atoms with Crippen molar-refractivity contribution in [2.24, 2.45) is 5.41 Å². The number of carboxylic acids is 1. The highest BCUT2D eigenvalue weighted by Gasteiger charge is 2.47. The molecule has 2 rings (SSSR count). The van der Waals surface area contributed by atoms with Gasteiger partial charge < -0.3 is 5.11 Å². The van der Waals surface area contributed by atoms with E-state index in [1.807, 2.05) is 6.07 Å². The third kappa shape index (κ3) is 2.84. The molecular formula is C14H14BrClO3. The molecule has 0 spiro atoms. The molecule has 0 radical (unpaired) electrons. The summed E-state index contributed by atoms with van der Waals surface area (Å²) in [5.74, 6) is -1.21. The number of hydrogen-bond donors (Lipinski definition) is 1. The number of ketones is 1. The van der Waals surface area contributed by atoms with Crippen LogP contribution in [0.3, 0.4) is 0 Å². The summed E-state index contributed by atoms with van der Waals surface area (Å²) in [7, 11) is 0. The highest BCUT2D eigenvalue weighted by Crippen LogP contribution is 2.38. The summed E-state index contributed by atoms with van der Waals surface area (Å²) >= 11 is 9.44. The van der Waals surface area contributed by atoms with Crippen LogP contribution in [-0.4, -0.2) is 16.9 Å². The van der Waals surface area contributed by atoms with Gasteiger partial charge in [-0.05, 0) is 37.0 Å². The van der Waals surface area contributed by atoms with Crippen LogP contribution in [0.2, 0.25) is 5.02 Å². The van der Waals surface area contributed by atoms with E-state index in [1.165, 1.54) is 0 Å². The van der Waals surface area contributed by atoms with Crippen molar-refractivity contribution in [3.63, 3.8) is 0 Å². The van der Waals surface area contributed by atoms with E-state index in [2.05, 4.69) is 15.9 Å². The lowest BCUT2D eigenvalue weighted by molar-refractivity contribution is -0.157. The monoisotopic (exact) mass is 344 g/mol. The summed E-state index contributed by atoms with van der Waals surface area (Å²) < 4.78 is 0.834. The van der Waals surface area contributed by atoms with Crippen molar-refractivity contribution in [1.29, 1.82) is 0 Å². The highest BCUT2D eigenvalue weighted by molar-refractivity contribution is 9.10. The fraction of sp³-hybridized carbons (Fsp3) is 0.429. The van der Waals surface area contributed by atoms with Crippen LogP contribution in [0.25, 0.3) is 0 Å². The Morgan fingerprint density at radius 1 is 1.42 bits per heavy atom. The predicted octanol–water partition coefficient (Wildman–Crippen LogP) is 3.86. The molecule has 1 aliphatic carbocycles. The highest BCUT2D eigenvalue weighted by atomic mass is 79.9. The van der Waals surface area contributed by atoms with Crippen LogP contribution in [0.15, 0.2) is 22.7 Å². The molecule has 0 saturated heterocycles. The Bertz CT molecular complexity index is 529. The number of Topliss-reactive ketones (excluding diaryl/α,β-unsaturated/α-hetero) is 1. The average Bonchev–Trinajstić information content (AvgIpc) is 2.35. The van der Waals surface area contributed by atoms with Crippen LogP contribution < -0.4 is 0 Å². The zero-order valence-corrected chi connectivity index (χ0v) is 12.6. The summed E-state index contributed by atoms with van der Waals surface area (Å²) in [6.07, 6.45) is 2.47. The van der Waals surface area contributed by atoms with Crippen molar-refractivity contribution in [3.8, 4) is 0 Å². The van der Waals surface area contributed by atoms with E-state index in [1.54, 1.807) is 12.1 Å². The number of rotatable bonds is 3. The molecule has 1 aromatic carbocycles. The van der Waals surface area contributed by atoms with Crippen LogP contribution in [0, 0.1) is 5.41 Å². The fourth-order valence-electron chi connectivity index (χ4n) is 2.57. The van der Waals surface area contributed by atoms with E-state index < -0.39 is 11.4 Å². The molecule has 19 heavy (non-hydrogen) atoms. The summed E-state index contributed by atoms with van der Waals surface area (Å²) in [5.41, 5.74) is -0.585. The van der Waals surface area contributed by atoms with E-state index in [-0.39, 0.29) is 12.2 Å². The van der Waals surface area contributed by atoms with E-state index >= 15 is 0 Å². The summed E-state index contributed by atoms with van der Waals surface area (Å²) in [6.45, 7) is 0. The molecule has 0 aliphatic heterocycles. The molecule has 1 aliphatic rings. The van der Waals surface area contributed by atoms with Crippen molar-refractivity contribution >= 4 is 39.3 Å². The molecular weight excluding hydrogens is 332 g/mol. The van der Waals surface area contributed by atoms with E-state index in [0.29, 0.717) is 23.4 Å². The second kappa shape index (κ2) is 5.63. The van der Waals surface area contributed by atoms with Gasteiger partial charge >= 0.3 is 5.97 Å². The van der Waals surface area contributed by atoms with Gasteiger partial charge in [0, 0.05) is 15.9 Å². The van der Waals surface area contributed by atoms with Gasteiger partial charge in [0.05, 0.1) is 0 Å². The summed E-state index contributed by atoms with van der Waals surface area (Å²) in [4.78, 5) is 23.7. The van der Waals surface area contributed by atoms with Crippen molar-refractivity contribution in [2.45, 2.75) is 32.1 Å². The first-order valence-electron chi connectivity index (χ1n) is 6.16. The zero-order valence-electron chi connectivity index (χ0n) is 10.3. The topological polar surface area (TPSA) is 54.4 Å². The number of carbonyl (C=O) groups is 2. The lowest BCUT2D eigenvalue weighted by Crippen LogP contribution is -2.43. The van der Waals surface area contributed by atoms with Crippen molar-refractivity contribution in [2.75, 3.05) is 0 Å². The maximum absolute atomic E-state index is 12.1.